The van der Waals surface area contributed by atoms with Crippen LogP contribution in [0.2, 0.25) is 0 Å². The highest BCUT2D eigenvalue weighted by molar-refractivity contribution is 5.79. The van der Waals surface area contributed by atoms with Gasteiger partial charge < -0.3 is 20.5 Å². The largest absolute Gasteiger partial charge is 0.508 e. The summed E-state index contributed by atoms with van der Waals surface area (Å²) in [5.41, 5.74) is 0.573. The summed E-state index contributed by atoms with van der Waals surface area (Å²) in [7, 11) is 0. The van der Waals surface area contributed by atoms with Crippen molar-refractivity contribution in [3.63, 3.8) is 0 Å². The van der Waals surface area contributed by atoms with Crippen LogP contribution < -0.4 is 10.6 Å². The van der Waals surface area contributed by atoms with Crippen molar-refractivity contribution < 1.29 is 19.4 Å². The molecule has 1 aromatic carbocycles. The quantitative estimate of drug-likeness (QED) is 0.685. The lowest BCUT2D eigenvalue weighted by molar-refractivity contribution is -0.120. The van der Waals surface area contributed by atoms with E-state index in [1.807, 2.05) is 13.8 Å². The average Bonchev–Trinajstić information content (AvgIpc) is 2.47. The van der Waals surface area contributed by atoms with Gasteiger partial charge in [0.1, 0.15) is 5.75 Å². The molecule has 1 aromatic rings. The summed E-state index contributed by atoms with van der Waals surface area (Å²) >= 11 is 0. The summed E-state index contributed by atoms with van der Waals surface area (Å²) in [6.45, 7) is 6.46. The number of ether oxygens (including phenoxy) is 1. The van der Waals surface area contributed by atoms with Crippen LogP contribution in [0.25, 0.3) is 0 Å². The van der Waals surface area contributed by atoms with E-state index < -0.39 is 6.09 Å². The number of carbonyl (C=O) groups excluding carboxylic acids is 2. The molecule has 23 heavy (non-hydrogen) atoms. The molecule has 6 nitrogen and oxygen atoms in total. The molecule has 0 spiro atoms. The minimum Gasteiger partial charge on any atom is -0.508 e. The maximum absolute atomic E-state index is 12.0. The predicted molar refractivity (Wildman–Crippen MR) is 88.2 cm³/mol. The number of aromatic hydroxyl groups is 1. The van der Waals surface area contributed by atoms with E-state index in [1.165, 1.54) is 0 Å². The molecule has 0 aromatic heterocycles. The number of phenolic OH excluding ortho intramolecular Hbond substituents is 1. The van der Waals surface area contributed by atoms with Gasteiger partial charge in [-0.15, -0.1) is 0 Å². The second kappa shape index (κ2) is 9.71. The zero-order chi connectivity index (χ0) is 17.2. The van der Waals surface area contributed by atoms with Gasteiger partial charge in [0.25, 0.3) is 0 Å². The summed E-state index contributed by atoms with van der Waals surface area (Å²) in [6, 6.07) is 6.54. The van der Waals surface area contributed by atoms with Crippen molar-refractivity contribution in [1.82, 2.24) is 10.6 Å². The molecule has 0 saturated heterocycles. The Morgan fingerprint density at radius 2 is 1.96 bits per heavy atom. The van der Waals surface area contributed by atoms with E-state index in [1.54, 1.807) is 31.2 Å². The Bertz CT molecular complexity index is 517. The van der Waals surface area contributed by atoms with Crippen LogP contribution in [0.1, 0.15) is 32.8 Å². The number of nitrogens with one attached hydrogen (secondary N) is 2. The molecule has 1 unspecified atom stereocenters. The van der Waals surface area contributed by atoms with E-state index in [-0.39, 0.29) is 24.1 Å². The number of rotatable bonds is 8. The molecule has 0 radical (unpaired) electrons. The summed E-state index contributed by atoms with van der Waals surface area (Å²) in [6.07, 6.45) is 0.351. The molecular formula is C17H26N2O4. The van der Waals surface area contributed by atoms with Crippen molar-refractivity contribution >= 4 is 12.0 Å². The van der Waals surface area contributed by atoms with Gasteiger partial charge in [-0.05, 0) is 25.3 Å². The van der Waals surface area contributed by atoms with Gasteiger partial charge in [-0.2, -0.15) is 0 Å². The fourth-order valence-electron chi connectivity index (χ4n) is 2.23. The van der Waals surface area contributed by atoms with Crippen LogP contribution in [0.4, 0.5) is 4.79 Å². The highest BCUT2D eigenvalue weighted by Gasteiger charge is 2.16. The first kappa shape index (κ1) is 18.8. The number of hydrogen-bond acceptors (Lipinski definition) is 4. The SMILES string of the molecule is CCOC(=O)NC(CNC(=O)Cc1ccccc1O)CC(C)C. The lowest BCUT2D eigenvalue weighted by Crippen LogP contribution is -2.44. The van der Waals surface area contributed by atoms with E-state index in [9.17, 15) is 14.7 Å². The molecule has 0 aliphatic carbocycles. The Balaban J connectivity index is 2.51. The lowest BCUT2D eigenvalue weighted by Gasteiger charge is -2.20. The lowest BCUT2D eigenvalue weighted by atomic mass is 10.0. The molecular weight excluding hydrogens is 296 g/mol. The first-order valence-corrected chi connectivity index (χ1v) is 7.89. The van der Waals surface area contributed by atoms with Crippen LogP contribution in [-0.2, 0) is 16.0 Å². The molecule has 3 N–H and O–H groups in total. The molecule has 0 bridgehead atoms. The standard InChI is InChI=1S/C17H26N2O4/c1-4-23-17(22)19-14(9-12(2)3)11-18-16(21)10-13-7-5-6-8-15(13)20/h5-8,12,14,20H,4,9-11H2,1-3H3,(H,18,21)(H,19,22). The molecule has 1 rings (SSSR count). The molecule has 0 fully saturated rings. The Morgan fingerprint density at radius 3 is 2.57 bits per heavy atom. The van der Waals surface area contributed by atoms with Crippen LogP contribution in [0.5, 0.6) is 5.75 Å². The van der Waals surface area contributed by atoms with Gasteiger partial charge in [0.05, 0.1) is 13.0 Å². The Hall–Kier alpha value is -2.24. The van der Waals surface area contributed by atoms with Gasteiger partial charge in [0, 0.05) is 18.2 Å². The van der Waals surface area contributed by atoms with Crippen LogP contribution in [0.15, 0.2) is 24.3 Å². The average molecular weight is 322 g/mol. The first-order valence-electron chi connectivity index (χ1n) is 7.89. The number of alkyl carbamates (subject to hydrolysis) is 1. The number of carbonyl (C=O) groups is 2. The maximum atomic E-state index is 12.0. The van der Waals surface area contributed by atoms with E-state index in [2.05, 4.69) is 10.6 Å². The minimum absolute atomic E-state index is 0.0977. The van der Waals surface area contributed by atoms with Crippen molar-refractivity contribution in [2.45, 2.75) is 39.7 Å². The van der Waals surface area contributed by atoms with Crippen molar-refractivity contribution in [3.05, 3.63) is 29.8 Å². The van der Waals surface area contributed by atoms with Crippen molar-refractivity contribution in [1.29, 1.82) is 0 Å². The third kappa shape index (κ3) is 7.54. The van der Waals surface area contributed by atoms with Gasteiger partial charge in [-0.3, -0.25) is 4.79 Å². The molecule has 6 heteroatoms. The minimum atomic E-state index is -0.479. The fourth-order valence-corrected chi connectivity index (χ4v) is 2.23. The van der Waals surface area contributed by atoms with Gasteiger partial charge in [0.15, 0.2) is 0 Å². The molecule has 128 valence electrons. The van der Waals surface area contributed by atoms with Crippen LogP contribution in [0, 0.1) is 5.92 Å². The number of hydrogen-bond donors (Lipinski definition) is 3. The topological polar surface area (TPSA) is 87.7 Å². The second-order valence-corrected chi connectivity index (χ2v) is 5.80. The van der Waals surface area contributed by atoms with Gasteiger partial charge in [-0.1, -0.05) is 32.0 Å². The number of phenols is 1. The second-order valence-electron chi connectivity index (χ2n) is 5.80. The number of amides is 2. The first-order chi connectivity index (χ1) is 10.9. The zero-order valence-corrected chi connectivity index (χ0v) is 14.0. The third-order valence-corrected chi connectivity index (χ3v) is 3.24. The Morgan fingerprint density at radius 1 is 1.26 bits per heavy atom. The highest BCUT2D eigenvalue weighted by Crippen LogP contribution is 2.15. The Labute approximate surface area is 137 Å². The van der Waals surface area contributed by atoms with Gasteiger partial charge >= 0.3 is 6.09 Å². The van der Waals surface area contributed by atoms with Crippen LogP contribution >= 0.6 is 0 Å². The number of benzene rings is 1. The molecule has 0 aliphatic rings. The third-order valence-electron chi connectivity index (χ3n) is 3.24. The van der Waals surface area contributed by atoms with E-state index in [0.29, 0.717) is 24.6 Å². The van der Waals surface area contributed by atoms with Gasteiger partial charge in [-0.25, -0.2) is 4.79 Å². The highest BCUT2D eigenvalue weighted by atomic mass is 16.5. The molecule has 0 saturated carbocycles. The predicted octanol–water partition coefficient (Wildman–Crippen LogP) is 2.21. The number of para-hydroxylation sites is 1. The molecule has 0 heterocycles. The van der Waals surface area contributed by atoms with E-state index in [0.717, 1.165) is 6.42 Å². The summed E-state index contributed by atoms with van der Waals surface area (Å²) in [5.74, 6) is 0.272. The summed E-state index contributed by atoms with van der Waals surface area (Å²) < 4.78 is 4.88. The fraction of sp³-hybridized carbons (Fsp3) is 0.529. The zero-order valence-electron chi connectivity index (χ0n) is 14.0. The van der Waals surface area contributed by atoms with E-state index in [4.69, 9.17) is 4.74 Å². The van der Waals surface area contributed by atoms with Crippen LogP contribution in [-0.4, -0.2) is 36.3 Å². The molecule has 1 atom stereocenters. The maximum Gasteiger partial charge on any atom is 0.407 e. The smallest absolute Gasteiger partial charge is 0.407 e. The normalized spacial score (nSPS) is 11.8. The Kier molecular flexibility index (Phi) is 7.94. The van der Waals surface area contributed by atoms with E-state index >= 15 is 0 Å². The molecule has 2 amide bonds. The summed E-state index contributed by atoms with van der Waals surface area (Å²) in [4.78, 5) is 23.5. The molecule has 0 aliphatic heterocycles. The van der Waals surface area contributed by atoms with Crippen molar-refractivity contribution in [2.75, 3.05) is 13.2 Å². The summed E-state index contributed by atoms with van der Waals surface area (Å²) in [5, 5.41) is 15.2. The monoisotopic (exact) mass is 322 g/mol. The van der Waals surface area contributed by atoms with Crippen LogP contribution in [0.3, 0.4) is 0 Å². The van der Waals surface area contributed by atoms with Crippen molar-refractivity contribution in [2.24, 2.45) is 5.92 Å². The van der Waals surface area contributed by atoms with Crippen molar-refractivity contribution in [3.8, 4) is 5.75 Å². The van der Waals surface area contributed by atoms with Gasteiger partial charge in [0.2, 0.25) is 5.91 Å².